The smallest absolute Gasteiger partial charge is 0.238 e. The first-order chi connectivity index (χ1) is 11.8. The zero-order chi connectivity index (χ0) is 19.5. The number of nitrogens with zero attached hydrogens (tertiary/aromatic N) is 1. The highest BCUT2D eigenvalue weighted by Gasteiger charge is 2.20. The predicted molar refractivity (Wildman–Crippen MR) is 101 cm³/mol. The van der Waals surface area contributed by atoms with Gasteiger partial charge in [0.1, 0.15) is 0 Å². The van der Waals surface area contributed by atoms with Gasteiger partial charge in [-0.25, -0.2) is 0 Å². The van der Waals surface area contributed by atoms with Crippen LogP contribution in [0.25, 0.3) is 0 Å². The number of benzene rings is 1. The summed E-state index contributed by atoms with van der Waals surface area (Å²) in [6.07, 6.45) is 0. The van der Waals surface area contributed by atoms with Crippen LogP contribution in [0, 0.1) is 13.8 Å². The third-order valence-corrected chi connectivity index (χ3v) is 3.95. The SMILES string of the molecule is CCN(CC)CC(=O)Nc1c(C)cccc1C.NC(CO)(CO)CO. The van der Waals surface area contributed by atoms with Gasteiger partial charge in [0.15, 0.2) is 0 Å². The molecule has 25 heavy (non-hydrogen) atoms. The number of amides is 1. The van der Waals surface area contributed by atoms with Gasteiger partial charge in [-0.1, -0.05) is 32.0 Å². The van der Waals surface area contributed by atoms with Gasteiger partial charge >= 0.3 is 0 Å². The quantitative estimate of drug-likeness (QED) is 0.456. The van der Waals surface area contributed by atoms with Crippen molar-refractivity contribution in [3.63, 3.8) is 0 Å². The number of aliphatic hydroxyl groups excluding tert-OH is 3. The van der Waals surface area contributed by atoms with Crippen LogP contribution >= 0.6 is 0 Å². The van der Waals surface area contributed by atoms with Gasteiger partial charge in [0.25, 0.3) is 0 Å². The molecule has 7 heteroatoms. The molecule has 0 saturated heterocycles. The minimum Gasteiger partial charge on any atom is -0.394 e. The van der Waals surface area contributed by atoms with Crippen molar-refractivity contribution in [1.29, 1.82) is 0 Å². The summed E-state index contributed by atoms with van der Waals surface area (Å²) in [5, 5.41) is 28.0. The first-order valence-corrected chi connectivity index (χ1v) is 8.46. The summed E-state index contributed by atoms with van der Waals surface area (Å²) in [7, 11) is 0. The van der Waals surface area contributed by atoms with E-state index < -0.39 is 25.4 Å². The van der Waals surface area contributed by atoms with E-state index in [1.807, 2.05) is 32.0 Å². The molecule has 0 unspecified atom stereocenters. The average Bonchev–Trinajstić information content (AvgIpc) is 2.62. The molecule has 0 radical (unpaired) electrons. The highest BCUT2D eigenvalue weighted by atomic mass is 16.3. The fraction of sp³-hybridized carbons (Fsp3) is 0.611. The molecule has 0 spiro atoms. The van der Waals surface area contributed by atoms with E-state index in [9.17, 15) is 4.79 Å². The van der Waals surface area contributed by atoms with Crippen LogP contribution in [0.5, 0.6) is 0 Å². The van der Waals surface area contributed by atoms with E-state index >= 15 is 0 Å². The molecule has 1 aromatic rings. The number of rotatable bonds is 8. The summed E-state index contributed by atoms with van der Waals surface area (Å²) in [6.45, 7) is 9.21. The summed E-state index contributed by atoms with van der Waals surface area (Å²) >= 11 is 0. The van der Waals surface area contributed by atoms with Crippen molar-refractivity contribution in [2.75, 3.05) is 44.8 Å². The molecule has 144 valence electrons. The van der Waals surface area contributed by atoms with Gasteiger partial charge in [0.2, 0.25) is 5.91 Å². The summed E-state index contributed by atoms with van der Waals surface area (Å²) in [5.41, 5.74) is 7.10. The maximum Gasteiger partial charge on any atom is 0.238 e. The van der Waals surface area contributed by atoms with E-state index in [4.69, 9.17) is 21.1 Å². The maximum absolute atomic E-state index is 11.9. The largest absolute Gasteiger partial charge is 0.394 e. The van der Waals surface area contributed by atoms with Crippen molar-refractivity contribution in [1.82, 2.24) is 4.90 Å². The van der Waals surface area contributed by atoms with E-state index in [2.05, 4.69) is 24.1 Å². The second-order valence-electron chi connectivity index (χ2n) is 6.11. The molecule has 0 heterocycles. The van der Waals surface area contributed by atoms with Crippen molar-refractivity contribution in [3.8, 4) is 0 Å². The number of hydrogen-bond acceptors (Lipinski definition) is 6. The van der Waals surface area contributed by atoms with Crippen LogP contribution in [0.2, 0.25) is 0 Å². The Bertz CT molecular complexity index is 487. The lowest BCUT2D eigenvalue weighted by molar-refractivity contribution is -0.117. The second-order valence-corrected chi connectivity index (χ2v) is 6.11. The van der Waals surface area contributed by atoms with E-state index in [1.165, 1.54) is 0 Å². The van der Waals surface area contributed by atoms with Gasteiger partial charge in [-0.05, 0) is 38.1 Å². The van der Waals surface area contributed by atoms with Crippen molar-refractivity contribution >= 4 is 11.6 Å². The Morgan fingerprint density at radius 3 is 1.84 bits per heavy atom. The molecule has 6 N–H and O–H groups in total. The first kappa shape index (κ1) is 23.5. The third kappa shape index (κ3) is 8.42. The molecule has 1 rings (SSSR count). The average molecular weight is 355 g/mol. The maximum atomic E-state index is 11.9. The Labute approximate surface area is 150 Å². The van der Waals surface area contributed by atoms with Crippen LogP contribution in [0.15, 0.2) is 18.2 Å². The van der Waals surface area contributed by atoms with Crippen LogP contribution in [0.3, 0.4) is 0 Å². The molecule has 1 aromatic carbocycles. The lowest BCUT2D eigenvalue weighted by atomic mass is 10.1. The fourth-order valence-corrected chi connectivity index (χ4v) is 1.99. The first-order valence-electron chi connectivity index (χ1n) is 8.46. The molecule has 0 aliphatic carbocycles. The summed E-state index contributed by atoms with van der Waals surface area (Å²) in [6, 6.07) is 6.03. The lowest BCUT2D eigenvalue weighted by Gasteiger charge is -2.20. The Kier molecular flexibility index (Phi) is 11.2. The zero-order valence-corrected chi connectivity index (χ0v) is 15.7. The van der Waals surface area contributed by atoms with Crippen molar-refractivity contribution in [3.05, 3.63) is 29.3 Å². The number of nitrogens with two attached hydrogens (primary N) is 1. The van der Waals surface area contributed by atoms with Crippen molar-refractivity contribution in [2.24, 2.45) is 5.73 Å². The van der Waals surface area contributed by atoms with Gasteiger partial charge in [0, 0.05) is 5.69 Å². The molecule has 1 amide bonds. The van der Waals surface area contributed by atoms with Gasteiger partial charge < -0.3 is 26.4 Å². The van der Waals surface area contributed by atoms with Crippen LogP contribution in [0.4, 0.5) is 5.69 Å². The molecule has 7 nitrogen and oxygen atoms in total. The Morgan fingerprint density at radius 2 is 1.52 bits per heavy atom. The Hall–Kier alpha value is -1.51. The van der Waals surface area contributed by atoms with Gasteiger partial charge in [-0.2, -0.15) is 0 Å². The second kappa shape index (κ2) is 11.9. The fourth-order valence-electron chi connectivity index (χ4n) is 1.99. The summed E-state index contributed by atoms with van der Waals surface area (Å²) < 4.78 is 0. The molecule has 0 saturated carbocycles. The molecule has 0 aliphatic rings. The standard InChI is InChI=1S/C14H22N2O.C4H11NO3/c1-5-16(6-2)10-13(17)15-14-11(3)8-7-9-12(14)4;5-4(1-6,2-7)3-8/h7-9H,5-6,10H2,1-4H3,(H,15,17);6-8H,1-3,5H2. The van der Waals surface area contributed by atoms with Crippen LogP contribution < -0.4 is 11.1 Å². The van der Waals surface area contributed by atoms with Crippen molar-refractivity contribution in [2.45, 2.75) is 33.2 Å². The number of hydrogen-bond donors (Lipinski definition) is 5. The van der Waals surface area contributed by atoms with Gasteiger partial charge in [-0.15, -0.1) is 0 Å². The van der Waals surface area contributed by atoms with E-state index in [1.54, 1.807) is 0 Å². The number of nitrogens with one attached hydrogen (secondary N) is 1. The van der Waals surface area contributed by atoms with E-state index in [-0.39, 0.29) is 5.91 Å². The van der Waals surface area contributed by atoms with Gasteiger partial charge in [-0.3, -0.25) is 9.69 Å². The van der Waals surface area contributed by atoms with Crippen molar-refractivity contribution < 1.29 is 20.1 Å². The van der Waals surface area contributed by atoms with E-state index in [0.29, 0.717) is 6.54 Å². The lowest BCUT2D eigenvalue weighted by Crippen LogP contribution is -2.50. The molecule has 0 aliphatic heterocycles. The monoisotopic (exact) mass is 355 g/mol. The number of para-hydroxylation sites is 1. The topological polar surface area (TPSA) is 119 Å². The highest BCUT2D eigenvalue weighted by molar-refractivity contribution is 5.93. The molecule has 0 fully saturated rings. The molecular formula is C18H33N3O4. The van der Waals surface area contributed by atoms with Crippen LogP contribution in [-0.4, -0.2) is 71.1 Å². The number of aryl methyl sites for hydroxylation is 2. The van der Waals surface area contributed by atoms with Crippen LogP contribution in [-0.2, 0) is 4.79 Å². The molecule has 0 atom stereocenters. The third-order valence-electron chi connectivity index (χ3n) is 3.95. The highest BCUT2D eigenvalue weighted by Crippen LogP contribution is 2.19. The summed E-state index contributed by atoms with van der Waals surface area (Å²) in [5.74, 6) is 0.0612. The zero-order valence-electron chi connectivity index (χ0n) is 15.7. The summed E-state index contributed by atoms with van der Waals surface area (Å²) in [4.78, 5) is 14.0. The molecule has 0 bridgehead atoms. The van der Waals surface area contributed by atoms with Gasteiger partial charge in [0.05, 0.1) is 31.9 Å². The number of carbonyl (C=O) groups excluding carboxylic acids is 1. The number of aliphatic hydroxyl groups is 3. The molecule has 0 aromatic heterocycles. The van der Waals surface area contributed by atoms with E-state index in [0.717, 1.165) is 29.9 Å². The number of likely N-dealkylation sites (N-methyl/N-ethyl adjacent to an activating group) is 1. The molecular weight excluding hydrogens is 322 g/mol. The van der Waals surface area contributed by atoms with Crippen LogP contribution in [0.1, 0.15) is 25.0 Å². The minimum atomic E-state index is -1.21. The normalized spacial score (nSPS) is 11.1. The predicted octanol–water partition coefficient (Wildman–Crippen LogP) is 0.245. The number of anilines is 1. The number of carbonyl (C=O) groups is 1. The minimum absolute atomic E-state index is 0.0612. The Balaban J connectivity index is 0.000000609. The Morgan fingerprint density at radius 1 is 1.08 bits per heavy atom.